The molecule has 1 aromatic carbocycles. The second-order valence-electron chi connectivity index (χ2n) is 5.14. The van der Waals surface area contributed by atoms with Crippen molar-refractivity contribution < 1.29 is 0 Å². The smallest absolute Gasteiger partial charge is 0.0255 e. The van der Waals surface area contributed by atoms with Gasteiger partial charge in [-0.3, -0.25) is 0 Å². The zero-order valence-corrected chi connectivity index (χ0v) is 12.8. The Kier molecular flexibility index (Phi) is 10.1. The van der Waals surface area contributed by atoms with Crippen LogP contribution >= 0.6 is 0 Å². The molecular weight excluding hydrogens is 240 g/mol. The summed E-state index contributed by atoms with van der Waals surface area (Å²) >= 11 is 0. The molecule has 0 aliphatic heterocycles. The van der Waals surface area contributed by atoms with Crippen LogP contribution in [-0.4, -0.2) is 0 Å². The van der Waals surface area contributed by atoms with Crippen LogP contribution < -0.4 is 0 Å². The van der Waals surface area contributed by atoms with Crippen LogP contribution in [0.15, 0.2) is 30.3 Å². The molecular formula is C20H26. The van der Waals surface area contributed by atoms with Gasteiger partial charge in [-0.15, -0.1) is 0 Å². The average molecular weight is 266 g/mol. The lowest BCUT2D eigenvalue weighted by Crippen LogP contribution is -1.79. The topological polar surface area (TPSA) is 0 Å². The number of benzene rings is 1. The summed E-state index contributed by atoms with van der Waals surface area (Å²) < 4.78 is 0. The minimum Gasteiger partial charge on any atom is -0.0891 e. The molecule has 0 aromatic heterocycles. The first-order valence-electron chi connectivity index (χ1n) is 7.97. The highest BCUT2D eigenvalue weighted by Gasteiger charge is 1.90. The van der Waals surface area contributed by atoms with E-state index in [0.717, 1.165) is 12.0 Å². The lowest BCUT2D eigenvalue weighted by Gasteiger charge is -1.98. The lowest BCUT2D eigenvalue weighted by molar-refractivity contribution is 0.579. The summed E-state index contributed by atoms with van der Waals surface area (Å²) in [6.45, 7) is 2.26. The molecule has 106 valence electrons. The first-order valence-corrected chi connectivity index (χ1v) is 7.97. The molecule has 1 aromatic rings. The van der Waals surface area contributed by atoms with Gasteiger partial charge in [0.2, 0.25) is 0 Å². The lowest BCUT2D eigenvalue weighted by atomic mass is 10.1. The molecule has 20 heavy (non-hydrogen) atoms. The normalized spacial score (nSPS) is 9.25. The number of hydrogen-bond donors (Lipinski definition) is 0. The van der Waals surface area contributed by atoms with Crippen molar-refractivity contribution in [3.05, 3.63) is 35.9 Å². The van der Waals surface area contributed by atoms with Gasteiger partial charge in [0, 0.05) is 12.0 Å². The number of rotatable bonds is 8. The van der Waals surface area contributed by atoms with Gasteiger partial charge in [-0.1, -0.05) is 81.9 Å². The fourth-order valence-electron chi connectivity index (χ4n) is 2.08. The molecule has 0 saturated heterocycles. The number of hydrogen-bond acceptors (Lipinski definition) is 0. The van der Waals surface area contributed by atoms with Crippen molar-refractivity contribution in [2.75, 3.05) is 0 Å². The monoisotopic (exact) mass is 266 g/mol. The standard InChI is InChI=1S/C20H26/c1-2-3-4-5-6-7-8-9-10-11-12-14-17-20-18-15-13-16-19-20/h13,15-16,18-19H,2-10H2,1H3. The second-order valence-corrected chi connectivity index (χ2v) is 5.14. The van der Waals surface area contributed by atoms with Crippen molar-refractivity contribution in [2.45, 2.75) is 64.7 Å². The van der Waals surface area contributed by atoms with Crippen molar-refractivity contribution in [3.63, 3.8) is 0 Å². The Labute approximate surface area is 125 Å². The van der Waals surface area contributed by atoms with Crippen LogP contribution in [0.2, 0.25) is 0 Å². The molecule has 1 rings (SSSR count). The summed E-state index contributed by atoms with van der Waals surface area (Å²) in [6, 6.07) is 10.0. The Hall–Kier alpha value is -1.66. The van der Waals surface area contributed by atoms with Gasteiger partial charge >= 0.3 is 0 Å². The zero-order valence-electron chi connectivity index (χ0n) is 12.8. The van der Waals surface area contributed by atoms with Crippen molar-refractivity contribution in [1.82, 2.24) is 0 Å². The highest BCUT2D eigenvalue weighted by Crippen LogP contribution is 2.08. The fourth-order valence-corrected chi connectivity index (χ4v) is 2.08. The molecule has 0 aliphatic carbocycles. The Morgan fingerprint density at radius 1 is 0.750 bits per heavy atom. The predicted molar refractivity (Wildman–Crippen MR) is 88.3 cm³/mol. The Morgan fingerprint density at radius 2 is 1.40 bits per heavy atom. The molecule has 0 radical (unpaired) electrons. The molecule has 0 spiro atoms. The molecule has 0 heteroatoms. The van der Waals surface area contributed by atoms with Gasteiger partial charge in [0.15, 0.2) is 0 Å². The van der Waals surface area contributed by atoms with E-state index >= 15 is 0 Å². The van der Waals surface area contributed by atoms with Crippen molar-refractivity contribution in [2.24, 2.45) is 0 Å². The van der Waals surface area contributed by atoms with Crippen molar-refractivity contribution in [1.29, 1.82) is 0 Å². The summed E-state index contributed by atoms with van der Waals surface area (Å²) in [5.41, 5.74) is 1.04. The van der Waals surface area contributed by atoms with Crippen molar-refractivity contribution >= 4 is 0 Å². The molecule has 0 N–H and O–H groups in total. The van der Waals surface area contributed by atoms with E-state index < -0.39 is 0 Å². The minimum absolute atomic E-state index is 0.985. The quantitative estimate of drug-likeness (QED) is 0.426. The summed E-state index contributed by atoms with van der Waals surface area (Å²) in [5, 5.41) is 0. The van der Waals surface area contributed by atoms with Crippen LogP contribution in [0.5, 0.6) is 0 Å². The third kappa shape index (κ3) is 9.29. The Balaban J connectivity index is 2.00. The Morgan fingerprint density at radius 3 is 2.10 bits per heavy atom. The number of unbranched alkanes of at least 4 members (excludes halogenated alkanes) is 8. The van der Waals surface area contributed by atoms with Crippen LogP contribution in [-0.2, 0) is 0 Å². The van der Waals surface area contributed by atoms with Crippen LogP contribution in [0.3, 0.4) is 0 Å². The summed E-state index contributed by atoms with van der Waals surface area (Å²) in [5.74, 6) is 12.1. The molecule has 0 atom stereocenters. The summed E-state index contributed by atoms with van der Waals surface area (Å²) in [4.78, 5) is 0. The maximum Gasteiger partial charge on any atom is 0.0255 e. The first-order chi connectivity index (χ1) is 9.93. The molecule has 0 saturated carbocycles. The van der Waals surface area contributed by atoms with Gasteiger partial charge in [0.25, 0.3) is 0 Å². The Bertz CT molecular complexity index is 448. The van der Waals surface area contributed by atoms with Crippen LogP contribution in [0.1, 0.15) is 70.3 Å². The SMILES string of the molecule is CCCCCCCCCCC#CC#Cc1ccccc1. The van der Waals surface area contributed by atoms with E-state index in [0.29, 0.717) is 0 Å². The van der Waals surface area contributed by atoms with E-state index in [2.05, 4.69) is 30.6 Å². The van der Waals surface area contributed by atoms with E-state index in [1.54, 1.807) is 0 Å². The summed E-state index contributed by atoms with van der Waals surface area (Å²) in [7, 11) is 0. The molecule has 0 heterocycles. The summed E-state index contributed by atoms with van der Waals surface area (Å²) in [6.07, 6.45) is 11.8. The third-order valence-electron chi connectivity index (χ3n) is 3.29. The van der Waals surface area contributed by atoms with Gasteiger partial charge in [0.05, 0.1) is 0 Å². The van der Waals surface area contributed by atoms with Gasteiger partial charge in [-0.05, 0) is 30.4 Å². The van der Waals surface area contributed by atoms with Gasteiger partial charge in [-0.2, -0.15) is 0 Å². The van der Waals surface area contributed by atoms with E-state index in [1.807, 2.05) is 30.3 Å². The fraction of sp³-hybridized carbons (Fsp3) is 0.500. The maximum atomic E-state index is 3.14. The van der Waals surface area contributed by atoms with Gasteiger partial charge < -0.3 is 0 Å². The average Bonchev–Trinajstić information content (AvgIpc) is 2.49. The molecule has 0 unspecified atom stereocenters. The van der Waals surface area contributed by atoms with E-state index in [1.165, 1.54) is 51.4 Å². The largest absolute Gasteiger partial charge is 0.0891 e. The molecule has 0 aliphatic rings. The van der Waals surface area contributed by atoms with Crippen LogP contribution in [0.4, 0.5) is 0 Å². The van der Waals surface area contributed by atoms with Gasteiger partial charge in [0.1, 0.15) is 0 Å². The van der Waals surface area contributed by atoms with E-state index in [4.69, 9.17) is 0 Å². The predicted octanol–water partition coefficient (Wildman–Crippen LogP) is 5.57. The molecule has 0 amide bonds. The third-order valence-corrected chi connectivity index (χ3v) is 3.29. The highest BCUT2D eigenvalue weighted by atomic mass is 14.0. The molecule has 0 bridgehead atoms. The second kappa shape index (κ2) is 12.4. The minimum atomic E-state index is 0.985. The van der Waals surface area contributed by atoms with E-state index in [9.17, 15) is 0 Å². The zero-order chi connectivity index (χ0) is 14.3. The van der Waals surface area contributed by atoms with Crippen LogP contribution in [0, 0.1) is 23.7 Å². The van der Waals surface area contributed by atoms with Gasteiger partial charge in [-0.25, -0.2) is 0 Å². The molecule has 0 nitrogen and oxygen atoms in total. The van der Waals surface area contributed by atoms with Crippen LogP contribution in [0.25, 0.3) is 0 Å². The maximum absolute atomic E-state index is 3.14. The molecule has 0 fully saturated rings. The highest BCUT2D eigenvalue weighted by molar-refractivity contribution is 5.39. The first kappa shape index (κ1) is 16.4. The van der Waals surface area contributed by atoms with E-state index in [-0.39, 0.29) is 0 Å². The van der Waals surface area contributed by atoms with Crippen molar-refractivity contribution in [3.8, 4) is 23.7 Å².